The van der Waals surface area contributed by atoms with Gasteiger partial charge in [-0.25, -0.2) is 0 Å². The Balaban J connectivity index is 1.91. The SMILES string of the molecule is C1=CCC([Si]2(C3=CC=CC3)CCC2)=C1. The van der Waals surface area contributed by atoms with Gasteiger partial charge in [0.15, 0.2) is 0 Å². The van der Waals surface area contributed by atoms with E-state index in [-0.39, 0.29) is 0 Å². The molecule has 1 heteroatoms. The van der Waals surface area contributed by atoms with Crippen molar-refractivity contribution in [2.24, 2.45) is 0 Å². The molecule has 0 spiro atoms. The molecule has 1 fully saturated rings. The fraction of sp³-hybridized carbons (Fsp3) is 0.385. The first-order valence-corrected chi connectivity index (χ1v) is 8.06. The highest BCUT2D eigenvalue weighted by atomic mass is 28.3. The Morgan fingerprint density at radius 3 is 1.71 bits per heavy atom. The van der Waals surface area contributed by atoms with E-state index in [0.29, 0.717) is 0 Å². The van der Waals surface area contributed by atoms with Gasteiger partial charge < -0.3 is 0 Å². The van der Waals surface area contributed by atoms with Crippen LogP contribution in [0, 0.1) is 0 Å². The van der Waals surface area contributed by atoms with Gasteiger partial charge >= 0.3 is 0 Å². The second kappa shape index (κ2) is 3.09. The van der Waals surface area contributed by atoms with Crippen molar-refractivity contribution in [2.75, 3.05) is 0 Å². The number of hydrogen-bond acceptors (Lipinski definition) is 0. The lowest BCUT2D eigenvalue weighted by Crippen LogP contribution is -2.45. The zero-order valence-corrected chi connectivity index (χ0v) is 9.50. The Morgan fingerprint density at radius 1 is 0.857 bits per heavy atom. The van der Waals surface area contributed by atoms with Crippen LogP contribution < -0.4 is 0 Å². The molecule has 1 aliphatic heterocycles. The van der Waals surface area contributed by atoms with E-state index in [1.807, 2.05) is 0 Å². The fourth-order valence-corrected chi connectivity index (χ4v) is 7.59. The quantitative estimate of drug-likeness (QED) is 0.596. The Labute approximate surface area is 86.7 Å². The third-order valence-electron chi connectivity index (χ3n) is 3.98. The van der Waals surface area contributed by atoms with Gasteiger partial charge in [-0.1, -0.05) is 65.4 Å². The van der Waals surface area contributed by atoms with Gasteiger partial charge in [0.05, 0.1) is 0 Å². The highest BCUT2D eigenvalue weighted by molar-refractivity contribution is 6.94. The van der Waals surface area contributed by atoms with Gasteiger partial charge in [0.2, 0.25) is 0 Å². The molecule has 0 N–H and O–H groups in total. The predicted octanol–water partition coefficient (Wildman–Crippen LogP) is 3.69. The first kappa shape index (κ1) is 8.48. The Bertz CT molecular complexity index is 333. The highest BCUT2D eigenvalue weighted by Gasteiger charge is 2.45. The fourth-order valence-electron chi connectivity index (χ4n) is 2.98. The third kappa shape index (κ3) is 1.05. The van der Waals surface area contributed by atoms with Crippen molar-refractivity contribution in [3.05, 3.63) is 46.8 Å². The smallest absolute Gasteiger partial charge is 0.0809 e. The minimum absolute atomic E-state index is 1.08. The third-order valence-corrected chi connectivity index (χ3v) is 9.59. The lowest BCUT2D eigenvalue weighted by Gasteiger charge is -2.43. The topological polar surface area (TPSA) is 0 Å². The van der Waals surface area contributed by atoms with Gasteiger partial charge in [-0.2, -0.15) is 0 Å². The van der Waals surface area contributed by atoms with Crippen LogP contribution in [-0.4, -0.2) is 8.07 Å². The van der Waals surface area contributed by atoms with Crippen LogP contribution in [0.25, 0.3) is 0 Å². The molecule has 0 atom stereocenters. The van der Waals surface area contributed by atoms with E-state index in [2.05, 4.69) is 36.5 Å². The summed E-state index contributed by atoms with van der Waals surface area (Å²) in [5.41, 5.74) is 0. The van der Waals surface area contributed by atoms with Crippen LogP contribution in [0.2, 0.25) is 12.1 Å². The molecule has 0 radical (unpaired) electrons. The molecule has 1 saturated heterocycles. The van der Waals surface area contributed by atoms with E-state index in [4.69, 9.17) is 0 Å². The number of allylic oxidation sites excluding steroid dienone is 8. The number of hydrogen-bond donors (Lipinski definition) is 0. The minimum Gasteiger partial charge on any atom is -0.0809 e. The Hall–Kier alpha value is -0.823. The zero-order chi connectivity index (χ0) is 9.43. The molecule has 3 rings (SSSR count). The average Bonchev–Trinajstić information content (AvgIpc) is 2.71. The average molecular weight is 200 g/mol. The molecule has 0 aromatic heterocycles. The van der Waals surface area contributed by atoms with Crippen LogP contribution in [0.4, 0.5) is 0 Å². The summed E-state index contributed by atoms with van der Waals surface area (Å²) in [6, 6.07) is 3.04. The molecule has 0 nitrogen and oxygen atoms in total. The van der Waals surface area contributed by atoms with E-state index in [9.17, 15) is 0 Å². The van der Waals surface area contributed by atoms with Gasteiger partial charge in [-0.15, -0.1) is 0 Å². The molecule has 0 amide bonds. The molecule has 14 heavy (non-hydrogen) atoms. The van der Waals surface area contributed by atoms with Gasteiger partial charge in [0.1, 0.15) is 8.07 Å². The van der Waals surface area contributed by atoms with Crippen molar-refractivity contribution >= 4 is 8.07 Å². The lowest BCUT2D eigenvalue weighted by molar-refractivity contribution is 0.897. The summed E-state index contributed by atoms with van der Waals surface area (Å²) in [7, 11) is -1.08. The van der Waals surface area contributed by atoms with E-state index in [1.54, 1.807) is 10.4 Å². The summed E-state index contributed by atoms with van der Waals surface area (Å²) in [4.78, 5) is 0. The maximum atomic E-state index is 2.41. The van der Waals surface area contributed by atoms with Crippen LogP contribution >= 0.6 is 0 Å². The molecule has 1 heterocycles. The summed E-state index contributed by atoms with van der Waals surface area (Å²) >= 11 is 0. The van der Waals surface area contributed by atoms with Crippen LogP contribution in [0.15, 0.2) is 46.8 Å². The second-order valence-electron chi connectivity index (χ2n) is 4.58. The normalized spacial score (nSPS) is 27.4. The standard InChI is InChI=1S/C13H16Si/c1-2-7-12(6-1)14(10-5-11-14)13-8-3-4-9-13/h1-4,6,8H,5,7,9-11H2. The molecule has 0 aromatic rings. The van der Waals surface area contributed by atoms with Gasteiger partial charge in [-0.05, 0) is 12.8 Å². The lowest BCUT2D eigenvalue weighted by atomic mass is 10.4. The maximum Gasteiger partial charge on any atom is 0.109 e. The van der Waals surface area contributed by atoms with Gasteiger partial charge in [-0.3, -0.25) is 0 Å². The van der Waals surface area contributed by atoms with Crippen LogP contribution in [0.5, 0.6) is 0 Å². The van der Waals surface area contributed by atoms with Gasteiger partial charge in [0.25, 0.3) is 0 Å². The predicted molar refractivity (Wildman–Crippen MR) is 63.7 cm³/mol. The molecular formula is C13H16Si. The molecule has 0 saturated carbocycles. The second-order valence-corrected chi connectivity index (χ2v) is 9.03. The summed E-state index contributed by atoms with van der Waals surface area (Å²) in [6.07, 6.45) is 18.0. The van der Waals surface area contributed by atoms with E-state index in [1.165, 1.54) is 31.4 Å². The van der Waals surface area contributed by atoms with Gasteiger partial charge in [0, 0.05) is 0 Å². The van der Waals surface area contributed by atoms with E-state index >= 15 is 0 Å². The molecule has 3 aliphatic rings. The highest BCUT2D eigenvalue weighted by Crippen LogP contribution is 2.47. The largest absolute Gasteiger partial charge is 0.109 e. The maximum absolute atomic E-state index is 2.41. The molecule has 2 aliphatic carbocycles. The van der Waals surface area contributed by atoms with Crippen molar-refractivity contribution < 1.29 is 0 Å². The van der Waals surface area contributed by atoms with Crippen LogP contribution in [0.1, 0.15) is 19.3 Å². The zero-order valence-electron chi connectivity index (χ0n) is 8.50. The summed E-state index contributed by atoms with van der Waals surface area (Å²) < 4.78 is 0. The van der Waals surface area contributed by atoms with E-state index < -0.39 is 8.07 Å². The monoisotopic (exact) mass is 200 g/mol. The van der Waals surface area contributed by atoms with Crippen LogP contribution in [-0.2, 0) is 0 Å². The molecular weight excluding hydrogens is 184 g/mol. The number of rotatable bonds is 2. The Kier molecular flexibility index (Phi) is 1.87. The molecule has 0 unspecified atom stereocenters. The van der Waals surface area contributed by atoms with E-state index in [0.717, 1.165) is 0 Å². The molecule has 72 valence electrons. The van der Waals surface area contributed by atoms with Crippen LogP contribution in [0.3, 0.4) is 0 Å². The molecule has 0 bridgehead atoms. The first-order chi connectivity index (χ1) is 6.92. The molecule has 0 aromatic carbocycles. The van der Waals surface area contributed by atoms with Crippen molar-refractivity contribution in [1.82, 2.24) is 0 Å². The van der Waals surface area contributed by atoms with Crippen molar-refractivity contribution in [2.45, 2.75) is 31.4 Å². The van der Waals surface area contributed by atoms with Crippen molar-refractivity contribution in [3.63, 3.8) is 0 Å². The Morgan fingerprint density at radius 2 is 1.43 bits per heavy atom. The van der Waals surface area contributed by atoms with Crippen molar-refractivity contribution in [1.29, 1.82) is 0 Å². The summed E-state index contributed by atoms with van der Waals surface area (Å²) in [6.45, 7) is 0. The first-order valence-electron chi connectivity index (χ1n) is 5.64. The summed E-state index contributed by atoms with van der Waals surface area (Å²) in [5.74, 6) is 0. The summed E-state index contributed by atoms with van der Waals surface area (Å²) in [5, 5.41) is 3.61. The minimum atomic E-state index is -1.08. The van der Waals surface area contributed by atoms with Crippen molar-refractivity contribution in [3.8, 4) is 0 Å².